The average molecular weight is 304 g/mol. The number of carbonyl (C=O) groups excluding carboxylic acids is 1. The second-order valence-corrected chi connectivity index (χ2v) is 7.28. The first-order chi connectivity index (χ1) is 10.3. The standard InChI is InChI=1S/C18H28N2O2/c1-13-5-10-16(15-8-6-14(11-19)7-9-15)20(12-13)17(21)22-18(2,3)4/h6-9,13,16H,5,10-12,19H2,1-4H3/t13?,16-/m0/s1. The van der Waals surface area contributed by atoms with Gasteiger partial charge in [-0.15, -0.1) is 0 Å². The Hall–Kier alpha value is -1.55. The second kappa shape index (κ2) is 6.69. The van der Waals surface area contributed by atoms with Crippen molar-refractivity contribution in [2.24, 2.45) is 11.7 Å². The molecule has 1 heterocycles. The number of ether oxygens (including phenoxy) is 1. The van der Waals surface area contributed by atoms with E-state index in [4.69, 9.17) is 10.5 Å². The van der Waals surface area contributed by atoms with Crippen molar-refractivity contribution in [2.75, 3.05) is 6.54 Å². The van der Waals surface area contributed by atoms with E-state index in [0.29, 0.717) is 12.5 Å². The average Bonchev–Trinajstić information content (AvgIpc) is 2.45. The highest BCUT2D eigenvalue weighted by molar-refractivity contribution is 5.69. The number of nitrogens with two attached hydrogens (primary N) is 1. The molecule has 1 fully saturated rings. The molecule has 0 aromatic heterocycles. The zero-order chi connectivity index (χ0) is 16.3. The number of nitrogens with zero attached hydrogens (tertiary/aromatic N) is 1. The molecule has 1 unspecified atom stereocenters. The number of likely N-dealkylation sites (tertiary alicyclic amines) is 1. The minimum Gasteiger partial charge on any atom is -0.444 e. The molecule has 0 aliphatic carbocycles. The van der Waals surface area contributed by atoms with Crippen LogP contribution in [-0.4, -0.2) is 23.1 Å². The first-order valence-electron chi connectivity index (χ1n) is 8.08. The molecule has 2 rings (SSSR count). The highest BCUT2D eigenvalue weighted by Gasteiger charge is 2.33. The molecule has 0 bridgehead atoms. The van der Waals surface area contributed by atoms with Crippen LogP contribution in [0.25, 0.3) is 0 Å². The highest BCUT2D eigenvalue weighted by atomic mass is 16.6. The number of piperidine rings is 1. The Bertz CT molecular complexity index is 505. The minimum atomic E-state index is -0.467. The minimum absolute atomic E-state index is 0.0953. The topological polar surface area (TPSA) is 55.6 Å². The van der Waals surface area contributed by atoms with Crippen molar-refractivity contribution in [3.63, 3.8) is 0 Å². The lowest BCUT2D eigenvalue weighted by molar-refractivity contribution is 0.00364. The first-order valence-corrected chi connectivity index (χ1v) is 8.08. The van der Waals surface area contributed by atoms with Crippen LogP contribution in [0.5, 0.6) is 0 Å². The lowest BCUT2D eigenvalue weighted by atomic mass is 9.90. The summed E-state index contributed by atoms with van der Waals surface area (Å²) in [7, 11) is 0. The summed E-state index contributed by atoms with van der Waals surface area (Å²) in [5, 5.41) is 0. The molecule has 2 atom stereocenters. The van der Waals surface area contributed by atoms with E-state index in [9.17, 15) is 4.79 Å². The van der Waals surface area contributed by atoms with Crippen molar-refractivity contribution in [1.82, 2.24) is 4.90 Å². The van der Waals surface area contributed by atoms with Gasteiger partial charge in [0.05, 0.1) is 6.04 Å². The van der Waals surface area contributed by atoms with Crippen LogP contribution in [0.3, 0.4) is 0 Å². The van der Waals surface area contributed by atoms with Crippen molar-refractivity contribution in [3.8, 4) is 0 Å². The molecule has 2 N–H and O–H groups in total. The van der Waals surface area contributed by atoms with Crippen LogP contribution >= 0.6 is 0 Å². The Labute approximate surface area is 133 Å². The zero-order valence-corrected chi connectivity index (χ0v) is 14.1. The highest BCUT2D eigenvalue weighted by Crippen LogP contribution is 2.34. The fourth-order valence-corrected chi connectivity index (χ4v) is 2.90. The van der Waals surface area contributed by atoms with E-state index in [1.807, 2.05) is 37.8 Å². The largest absolute Gasteiger partial charge is 0.444 e. The van der Waals surface area contributed by atoms with Crippen LogP contribution in [0.15, 0.2) is 24.3 Å². The van der Waals surface area contributed by atoms with Gasteiger partial charge in [0.15, 0.2) is 0 Å². The number of carbonyl (C=O) groups is 1. The van der Waals surface area contributed by atoms with Gasteiger partial charge in [-0.05, 0) is 50.7 Å². The smallest absolute Gasteiger partial charge is 0.410 e. The molecule has 4 heteroatoms. The van der Waals surface area contributed by atoms with Gasteiger partial charge in [0.25, 0.3) is 0 Å². The van der Waals surface area contributed by atoms with Gasteiger partial charge in [-0.1, -0.05) is 31.2 Å². The van der Waals surface area contributed by atoms with E-state index in [1.54, 1.807) is 0 Å². The summed E-state index contributed by atoms with van der Waals surface area (Å²) >= 11 is 0. The SMILES string of the molecule is CC1CC[C@@H](c2ccc(CN)cc2)N(C(=O)OC(C)(C)C)C1. The Balaban J connectivity index is 2.20. The molecule has 0 spiro atoms. The molecule has 4 nitrogen and oxygen atoms in total. The Kier molecular flexibility index (Phi) is 5.12. The zero-order valence-electron chi connectivity index (χ0n) is 14.1. The summed E-state index contributed by atoms with van der Waals surface area (Å²) in [6.07, 6.45) is 1.89. The van der Waals surface area contributed by atoms with Crippen LogP contribution in [0.1, 0.15) is 57.7 Å². The Morgan fingerprint density at radius 3 is 2.45 bits per heavy atom. The van der Waals surface area contributed by atoms with E-state index in [-0.39, 0.29) is 12.1 Å². The van der Waals surface area contributed by atoms with Crippen molar-refractivity contribution >= 4 is 6.09 Å². The van der Waals surface area contributed by atoms with Crippen molar-refractivity contribution in [2.45, 2.75) is 58.7 Å². The quantitative estimate of drug-likeness (QED) is 0.902. The van der Waals surface area contributed by atoms with Crippen molar-refractivity contribution < 1.29 is 9.53 Å². The lowest BCUT2D eigenvalue weighted by Gasteiger charge is -2.39. The maximum Gasteiger partial charge on any atom is 0.410 e. The number of hydrogen-bond donors (Lipinski definition) is 1. The second-order valence-electron chi connectivity index (χ2n) is 7.28. The molecule has 122 valence electrons. The number of rotatable bonds is 2. The van der Waals surface area contributed by atoms with E-state index in [0.717, 1.165) is 30.5 Å². The van der Waals surface area contributed by atoms with Gasteiger partial charge in [-0.25, -0.2) is 4.79 Å². The Morgan fingerprint density at radius 2 is 1.91 bits per heavy atom. The van der Waals surface area contributed by atoms with Crippen LogP contribution < -0.4 is 5.73 Å². The number of amides is 1. The maximum absolute atomic E-state index is 12.5. The molecule has 1 saturated heterocycles. The molecular formula is C18H28N2O2. The lowest BCUT2D eigenvalue weighted by Crippen LogP contribution is -2.44. The molecule has 22 heavy (non-hydrogen) atoms. The normalized spacial score (nSPS) is 22.5. The van der Waals surface area contributed by atoms with Gasteiger partial charge in [0.2, 0.25) is 0 Å². The maximum atomic E-state index is 12.5. The Morgan fingerprint density at radius 1 is 1.27 bits per heavy atom. The summed E-state index contributed by atoms with van der Waals surface area (Å²) in [5.41, 5.74) is 7.46. The third kappa shape index (κ3) is 4.23. The van der Waals surface area contributed by atoms with E-state index in [1.165, 1.54) is 0 Å². The van der Waals surface area contributed by atoms with Gasteiger partial charge >= 0.3 is 6.09 Å². The van der Waals surface area contributed by atoms with Gasteiger partial charge in [-0.2, -0.15) is 0 Å². The van der Waals surface area contributed by atoms with E-state index < -0.39 is 5.60 Å². The molecule has 1 aliphatic rings. The van der Waals surface area contributed by atoms with E-state index >= 15 is 0 Å². The molecule has 1 amide bonds. The molecule has 0 radical (unpaired) electrons. The molecule has 1 aliphatic heterocycles. The molecule has 1 aromatic carbocycles. The molecular weight excluding hydrogens is 276 g/mol. The monoisotopic (exact) mass is 304 g/mol. The molecule has 1 aromatic rings. The summed E-state index contributed by atoms with van der Waals surface area (Å²) in [6.45, 7) is 9.19. The third-order valence-electron chi connectivity index (χ3n) is 4.05. The first kappa shape index (κ1) is 16.8. The van der Waals surface area contributed by atoms with Crippen LogP contribution in [0.2, 0.25) is 0 Å². The van der Waals surface area contributed by atoms with E-state index in [2.05, 4.69) is 19.1 Å². The molecule has 0 saturated carbocycles. The summed E-state index contributed by atoms with van der Waals surface area (Å²) in [5.74, 6) is 0.507. The third-order valence-corrected chi connectivity index (χ3v) is 4.05. The van der Waals surface area contributed by atoms with Crippen molar-refractivity contribution in [3.05, 3.63) is 35.4 Å². The summed E-state index contributed by atoms with van der Waals surface area (Å²) < 4.78 is 5.59. The summed E-state index contributed by atoms with van der Waals surface area (Å²) in [6, 6.07) is 8.35. The van der Waals surface area contributed by atoms with Gasteiger partial charge in [0.1, 0.15) is 5.60 Å². The fraction of sp³-hybridized carbons (Fsp3) is 0.611. The number of benzene rings is 1. The van der Waals surface area contributed by atoms with Crippen LogP contribution in [0, 0.1) is 5.92 Å². The predicted octanol–water partition coefficient (Wildman–Crippen LogP) is 3.85. The van der Waals surface area contributed by atoms with Crippen molar-refractivity contribution in [1.29, 1.82) is 0 Å². The van der Waals surface area contributed by atoms with Gasteiger partial charge in [0, 0.05) is 13.1 Å². The number of hydrogen-bond acceptors (Lipinski definition) is 3. The van der Waals surface area contributed by atoms with Crippen LogP contribution in [-0.2, 0) is 11.3 Å². The van der Waals surface area contributed by atoms with Gasteiger partial charge < -0.3 is 15.4 Å². The van der Waals surface area contributed by atoms with Crippen LogP contribution in [0.4, 0.5) is 4.79 Å². The van der Waals surface area contributed by atoms with Gasteiger partial charge in [-0.3, -0.25) is 0 Å². The predicted molar refractivity (Wildman–Crippen MR) is 88.4 cm³/mol. The summed E-state index contributed by atoms with van der Waals surface area (Å²) in [4.78, 5) is 14.4. The fourth-order valence-electron chi connectivity index (χ4n) is 2.90.